The normalized spacial score (nSPS) is 16.1. The van der Waals surface area contributed by atoms with E-state index in [1.165, 1.54) is 5.56 Å². The first-order chi connectivity index (χ1) is 13.0. The van der Waals surface area contributed by atoms with E-state index in [0.717, 1.165) is 66.1 Å². The van der Waals surface area contributed by atoms with Gasteiger partial charge < -0.3 is 4.42 Å². The average molecular weight is 363 g/mol. The minimum absolute atomic E-state index is 0.268. The zero-order valence-electron chi connectivity index (χ0n) is 16.2. The molecule has 1 fully saturated rings. The molecule has 0 radical (unpaired) electrons. The van der Waals surface area contributed by atoms with E-state index in [-0.39, 0.29) is 5.63 Å². The van der Waals surface area contributed by atoms with Crippen LogP contribution in [0.3, 0.4) is 0 Å². The third-order valence-electron chi connectivity index (χ3n) is 5.46. The van der Waals surface area contributed by atoms with Crippen molar-refractivity contribution in [2.45, 2.75) is 46.1 Å². The lowest BCUT2D eigenvalue weighted by molar-refractivity contribution is 0.203. The van der Waals surface area contributed by atoms with Crippen molar-refractivity contribution in [2.75, 3.05) is 13.1 Å². The maximum absolute atomic E-state index is 12.1. The van der Waals surface area contributed by atoms with Crippen LogP contribution in [0.1, 0.15) is 47.0 Å². The molecule has 5 heteroatoms. The fourth-order valence-corrected chi connectivity index (χ4v) is 4.14. The Morgan fingerprint density at radius 2 is 1.93 bits per heavy atom. The number of aromatic nitrogens is 2. The van der Waals surface area contributed by atoms with Crippen LogP contribution in [0.15, 0.2) is 39.7 Å². The van der Waals surface area contributed by atoms with Gasteiger partial charge in [-0.05, 0) is 75.5 Å². The first-order valence-electron chi connectivity index (χ1n) is 9.55. The zero-order valence-corrected chi connectivity index (χ0v) is 16.2. The Hall–Kier alpha value is -2.53. The number of likely N-dealkylation sites (tertiary alicyclic amines) is 1. The van der Waals surface area contributed by atoms with Crippen LogP contribution in [0.25, 0.3) is 11.0 Å². The molecule has 4 rings (SSSR count). The predicted octanol–water partition coefficient (Wildman–Crippen LogP) is 3.89. The van der Waals surface area contributed by atoms with Gasteiger partial charge in [0.2, 0.25) is 0 Å². The van der Waals surface area contributed by atoms with Gasteiger partial charge in [-0.3, -0.25) is 4.90 Å². The summed E-state index contributed by atoms with van der Waals surface area (Å²) in [6.45, 7) is 8.80. The minimum atomic E-state index is -0.268. The summed E-state index contributed by atoms with van der Waals surface area (Å²) in [5.41, 5.74) is 4.86. The van der Waals surface area contributed by atoms with E-state index in [9.17, 15) is 4.79 Å². The Morgan fingerprint density at radius 3 is 2.67 bits per heavy atom. The molecule has 0 saturated carbocycles. The Bertz CT molecular complexity index is 1030. The second-order valence-corrected chi connectivity index (χ2v) is 7.63. The Balaban J connectivity index is 1.53. The monoisotopic (exact) mass is 363 g/mol. The number of nitrogens with zero attached hydrogens (tertiary/aromatic N) is 3. The summed E-state index contributed by atoms with van der Waals surface area (Å²) in [7, 11) is 0. The molecular formula is C22H25N3O2. The van der Waals surface area contributed by atoms with Crippen LogP contribution in [0, 0.1) is 20.8 Å². The highest BCUT2D eigenvalue weighted by Crippen LogP contribution is 2.29. The van der Waals surface area contributed by atoms with Gasteiger partial charge in [-0.15, -0.1) is 0 Å². The van der Waals surface area contributed by atoms with Crippen LogP contribution in [-0.4, -0.2) is 28.0 Å². The Morgan fingerprint density at radius 1 is 1.15 bits per heavy atom. The van der Waals surface area contributed by atoms with Gasteiger partial charge in [-0.25, -0.2) is 14.8 Å². The van der Waals surface area contributed by atoms with E-state index >= 15 is 0 Å². The van der Waals surface area contributed by atoms with Crippen LogP contribution < -0.4 is 5.63 Å². The summed E-state index contributed by atoms with van der Waals surface area (Å²) in [5.74, 6) is 1.33. The minimum Gasteiger partial charge on any atom is -0.422 e. The van der Waals surface area contributed by atoms with Gasteiger partial charge in [0, 0.05) is 35.8 Å². The van der Waals surface area contributed by atoms with Crippen molar-refractivity contribution in [3.63, 3.8) is 0 Å². The van der Waals surface area contributed by atoms with Gasteiger partial charge >= 0.3 is 5.63 Å². The van der Waals surface area contributed by atoms with Crippen LogP contribution >= 0.6 is 0 Å². The SMILES string of the molecule is Cc1cc(C)c2oc(=O)cc(CN3CCC(c4ccnc(C)n4)CC3)c2c1. The first-order valence-corrected chi connectivity index (χ1v) is 9.55. The molecule has 0 atom stereocenters. The van der Waals surface area contributed by atoms with E-state index < -0.39 is 0 Å². The third kappa shape index (κ3) is 3.78. The molecule has 0 unspecified atom stereocenters. The highest BCUT2D eigenvalue weighted by Gasteiger charge is 2.22. The molecule has 2 aromatic heterocycles. The zero-order chi connectivity index (χ0) is 19.0. The van der Waals surface area contributed by atoms with Gasteiger partial charge in [0.15, 0.2) is 0 Å². The molecule has 1 aromatic carbocycles. The van der Waals surface area contributed by atoms with Crippen molar-refractivity contribution >= 4 is 11.0 Å². The van der Waals surface area contributed by atoms with Gasteiger partial charge in [-0.2, -0.15) is 0 Å². The fraction of sp³-hybridized carbons (Fsp3) is 0.409. The van der Waals surface area contributed by atoms with E-state index in [0.29, 0.717) is 5.92 Å². The van der Waals surface area contributed by atoms with Crippen LogP contribution in [0.4, 0.5) is 0 Å². The molecule has 5 nitrogen and oxygen atoms in total. The lowest BCUT2D eigenvalue weighted by Crippen LogP contribution is -2.33. The van der Waals surface area contributed by atoms with E-state index in [4.69, 9.17) is 4.42 Å². The van der Waals surface area contributed by atoms with E-state index in [1.807, 2.05) is 26.1 Å². The quantitative estimate of drug-likeness (QED) is 0.661. The number of piperidine rings is 1. The molecule has 1 saturated heterocycles. The molecule has 3 heterocycles. The van der Waals surface area contributed by atoms with E-state index in [1.54, 1.807) is 6.07 Å². The van der Waals surface area contributed by atoms with Crippen LogP contribution in [-0.2, 0) is 6.54 Å². The standard InChI is InChI=1S/C22H25N3O2/c1-14-10-15(2)22-19(11-14)18(12-21(26)27-22)13-25-8-5-17(6-9-25)20-4-7-23-16(3)24-20/h4,7,10-12,17H,5-6,8-9,13H2,1-3H3. The van der Waals surface area contributed by atoms with Gasteiger partial charge in [-0.1, -0.05) is 6.07 Å². The van der Waals surface area contributed by atoms with Crippen molar-refractivity contribution in [3.8, 4) is 0 Å². The summed E-state index contributed by atoms with van der Waals surface area (Å²) in [4.78, 5) is 23.3. The Kier molecular flexibility index (Phi) is 4.79. The highest BCUT2D eigenvalue weighted by atomic mass is 16.4. The largest absolute Gasteiger partial charge is 0.422 e. The molecule has 1 aliphatic rings. The second kappa shape index (κ2) is 7.24. The number of fused-ring (bicyclic) bond motifs is 1. The molecular weight excluding hydrogens is 338 g/mol. The average Bonchev–Trinajstić information content (AvgIpc) is 2.63. The molecule has 0 spiro atoms. The number of aryl methyl sites for hydroxylation is 3. The van der Waals surface area contributed by atoms with Crippen molar-refractivity contribution in [1.82, 2.24) is 14.9 Å². The molecule has 0 amide bonds. The molecule has 0 aliphatic carbocycles. The molecule has 140 valence electrons. The van der Waals surface area contributed by atoms with Crippen molar-refractivity contribution in [3.05, 3.63) is 69.1 Å². The summed E-state index contributed by atoms with van der Waals surface area (Å²) < 4.78 is 5.48. The van der Waals surface area contributed by atoms with Crippen LogP contribution in [0.2, 0.25) is 0 Å². The molecule has 0 bridgehead atoms. The van der Waals surface area contributed by atoms with Crippen molar-refractivity contribution in [2.24, 2.45) is 0 Å². The number of benzene rings is 1. The van der Waals surface area contributed by atoms with Crippen molar-refractivity contribution < 1.29 is 4.42 Å². The van der Waals surface area contributed by atoms with Gasteiger partial charge in [0.25, 0.3) is 0 Å². The highest BCUT2D eigenvalue weighted by molar-refractivity contribution is 5.83. The van der Waals surface area contributed by atoms with Crippen LogP contribution in [0.5, 0.6) is 0 Å². The predicted molar refractivity (Wildman–Crippen MR) is 106 cm³/mol. The Labute approximate surface area is 159 Å². The third-order valence-corrected chi connectivity index (χ3v) is 5.46. The van der Waals surface area contributed by atoms with E-state index in [2.05, 4.69) is 33.9 Å². The smallest absolute Gasteiger partial charge is 0.336 e. The second-order valence-electron chi connectivity index (χ2n) is 7.63. The van der Waals surface area contributed by atoms with Gasteiger partial charge in [0.05, 0.1) is 0 Å². The summed E-state index contributed by atoms with van der Waals surface area (Å²) >= 11 is 0. The van der Waals surface area contributed by atoms with Gasteiger partial charge in [0.1, 0.15) is 11.4 Å². The lowest BCUT2D eigenvalue weighted by atomic mass is 9.93. The molecule has 0 N–H and O–H groups in total. The number of hydrogen-bond donors (Lipinski definition) is 0. The summed E-state index contributed by atoms with van der Waals surface area (Å²) in [5, 5.41) is 1.06. The maximum atomic E-state index is 12.1. The summed E-state index contributed by atoms with van der Waals surface area (Å²) in [6.07, 6.45) is 4.01. The molecule has 3 aromatic rings. The maximum Gasteiger partial charge on any atom is 0.336 e. The van der Waals surface area contributed by atoms with Crippen molar-refractivity contribution in [1.29, 1.82) is 0 Å². The fourth-order valence-electron chi connectivity index (χ4n) is 4.14. The first kappa shape index (κ1) is 17.9. The summed E-state index contributed by atoms with van der Waals surface area (Å²) in [6, 6.07) is 7.87. The number of hydrogen-bond acceptors (Lipinski definition) is 5. The molecule has 27 heavy (non-hydrogen) atoms. The number of rotatable bonds is 3. The molecule has 1 aliphatic heterocycles. The topological polar surface area (TPSA) is 59.2 Å². The lowest BCUT2D eigenvalue weighted by Gasteiger charge is -2.32.